The lowest BCUT2D eigenvalue weighted by Gasteiger charge is -2.03. The van der Waals surface area contributed by atoms with Crippen molar-refractivity contribution in [3.05, 3.63) is 53.5 Å². The molecule has 0 heterocycles. The fourth-order valence-corrected chi connectivity index (χ4v) is 3.19. The highest BCUT2D eigenvalue weighted by Crippen LogP contribution is 2.18. The molecular weight excluding hydrogens is 280 g/mol. The van der Waals surface area contributed by atoms with Crippen LogP contribution in [0, 0.1) is 0 Å². The number of hydrogen-bond donors (Lipinski definition) is 0. The van der Waals surface area contributed by atoms with E-state index in [1.807, 2.05) is 12.1 Å². The van der Waals surface area contributed by atoms with Crippen LogP contribution in [0.3, 0.4) is 0 Å². The third kappa shape index (κ3) is 6.30. The summed E-state index contributed by atoms with van der Waals surface area (Å²) in [6, 6.07) is 8.56. The van der Waals surface area contributed by atoms with Crippen molar-refractivity contribution in [3.63, 3.8) is 0 Å². The molecule has 0 spiro atoms. The van der Waals surface area contributed by atoms with Crippen LogP contribution in [0.1, 0.15) is 52.4 Å². The molecule has 0 bridgehead atoms. The van der Waals surface area contributed by atoms with Crippen molar-refractivity contribution in [2.24, 2.45) is 0 Å². The topological polar surface area (TPSA) is 34.1 Å². The van der Waals surface area contributed by atoms with Crippen LogP contribution >= 0.6 is 0 Å². The van der Waals surface area contributed by atoms with E-state index in [4.69, 9.17) is 0 Å². The van der Waals surface area contributed by atoms with E-state index in [9.17, 15) is 8.42 Å². The Balaban J connectivity index is 2.49. The summed E-state index contributed by atoms with van der Waals surface area (Å²) >= 11 is 0. The summed E-state index contributed by atoms with van der Waals surface area (Å²) in [5, 5.41) is 0. The summed E-state index contributed by atoms with van der Waals surface area (Å²) in [5.41, 5.74) is 0. The van der Waals surface area contributed by atoms with E-state index >= 15 is 0 Å². The van der Waals surface area contributed by atoms with E-state index in [1.54, 1.807) is 37.3 Å². The minimum Gasteiger partial charge on any atom is -0.219 e. The molecule has 0 aromatic heterocycles. The lowest BCUT2D eigenvalue weighted by atomic mass is 10.1. The van der Waals surface area contributed by atoms with Gasteiger partial charge in [0.05, 0.1) is 4.90 Å². The average molecular weight is 306 g/mol. The number of unbranched alkanes of at least 4 members (excludes halogenated alkanes) is 5. The highest BCUT2D eigenvalue weighted by Gasteiger charge is 2.15. The van der Waals surface area contributed by atoms with Gasteiger partial charge in [-0.3, -0.25) is 0 Å². The summed E-state index contributed by atoms with van der Waals surface area (Å²) in [4.78, 5) is 0.739. The summed E-state index contributed by atoms with van der Waals surface area (Å²) < 4.78 is 24.5. The minimum absolute atomic E-state index is 0.353. The molecule has 0 aliphatic carbocycles. The third-order valence-corrected chi connectivity index (χ3v) is 5.30. The van der Waals surface area contributed by atoms with Crippen LogP contribution in [0.25, 0.3) is 0 Å². The van der Waals surface area contributed by atoms with Gasteiger partial charge in [0, 0.05) is 4.91 Å². The first-order valence-electron chi connectivity index (χ1n) is 7.72. The zero-order chi connectivity index (χ0) is 15.6. The van der Waals surface area contributed by atoms with E-state index in [0.717, 1.165) is 6.42 Å². The highest BCUT2D eigenvalue weighted by atomic mass is 32.2. The van der Waals surface area contributed by atoms with Crippen molar-refractivity contribution < 1.29 is 8.42 Å². The van der Waals surface area contributed by atoms with Gasteiger partial charge in [0.2, 0.25) is 9.84 Å². The van der Waals surface area contributed by atoms with E-state index in [1.165, 1.54) is 32.1 Å². The average Bonchev–Trinajstić information content (AvgIpc) is 2.50. The van der Waals surface area contributed by atoms with Crippen LogP contribution in [0.15, 0.2) is 58.4 Å². The molecule has 0 atom stereocenters. The van der Waals surface area contributed by atoms with Gasteiger partial charge in [-0.2, -0.15) is 0 Å². The lowest BCUT2D eigenvalue weighted by Crippen LogP contribution is -2.01. The molecule has 0 saturated carbocycles. The van der Waals surface area contributed by atoms with Crippen LogP contribution in [0.4, 0.5) is 0 Å². The van der Waals surface area contributed by atoms with Gasteiger partial charge in [0.15, 0.2) is 0 Å². The van der Waals surface area contributed by atoms with Gasteiger partial charge >= 0.3 is 0 Å². The van der Waals surface area contributed by atoms with Gasteiger partial charge in [-0.15, -0.1) is 0 Å². The summed E-state index contributed by atoms with van der Waals surface area (Å²) in [5.74, 6) is 0. The first-order chi connectivity index (χ1) is 10.1. The molecule has 0 fully saturated rings. The second-order valence-corrected chi connectivity index (χ2v) is 7.35. The maximum absolute atomic E-state index is 12.3. The second kappa shape index (κ2) is 9.56. The van der Waals surface area contributed by atoms with Gasteiger partial charge in [-0.05, 0) is 38.0 Å². The summed E-state index contributed by atoms with van der Waals surface area (Å²) in [6.45, 7) is 3.86. The van der Waals surface area contributed by atoms with E-state index in [-0.39, 0.29) is 0 Å². The van der Waals surface area contributed by atoms with Crippen molar-refractivity contribution in [2.75, 3.05) is 0 Å². The van der Waals surface area contributed by atoms with Crippen LogP contribution in [-0.2, 0) is 9.84 Å². The zero-order valence-electron chi connectivity index (χ0n) is 13.1. The van der Waals surface area contributed by atoms with Crippen LogP contribution in [-0.4, -0.2) is 8.42 Å². The normalized spacial score (nSPS) is 13.0. The van der Waals surface area contributed by atoms with Crippen LogP contribution in [0.2, 0.25) is 0 Å². The maximum atomic E-state index is 12.3. The first-order valence-corrected chi connectivity index (χ1v) is 9.21. The van der Waals surface area contributed by atoms with E-state index in [2.05, 4.69) is 13.0 Å². The van der Waals surface area contributed by atoms with Crippen LogP contribution < -0.4 is 0 Å². The van der Waals surface area contributed by atoms with Gasteiger partial charge in [-0.25, -0.2) is 8.42 Å². The summed E-state index contributed by atoms with van der Waals surface area (Å²) in [6.07, 6.45) is 12.9. The molecular formula is C18H26O2S. The largest absolute Gasteiger partial charge is 0.219 e. The van der Waals surface area contributed by atoms with Crippen molar-refractivity contribution in [1.82, 2.24) is 0 Å². The van der Waals surface area contributed by atoms with Crippen LogP contribution in [0.5, 0.6) is 0 Å². The Bertz CT molecular complexity index is 554. The van der Waals surface area contributed by atoms with Crippen molar-refractivity contribution in [1.29, 1.82) is 0 Å². The number of rotatable bonds is 9. The smallest absolute Gasteiger partial charge is 0.202 e. The van der Waals surface area contributed by atoms with Gasteiger partial charge in [0.25, 0.3) is 0 Å². The molecule has 0 unspecified atom stereocenters. The second-order valence-electron chi connectivity index (χ2n) is 5.22. The standard InChI is InChI=1S/C18H26O2S/c1-3-4-5-6-7-8-9-11-14-17(2)21(19,20)18-15-12-10-13-16-18/h9-16H,3-8H2,1-2H3. The van der Waals surface area contributed by atoms with Crippen molar-refractivity contribution >= 4 is 9.84 Å². The molecule has 1 aromatic rings. The Labute approximate surface area is 129 Å². The minimum atomic E-state index is -3.33. The molecule has 0 saturated heterocycles. The monoisotopic (exact) mass is 306 g/mol. The number of benzene rings is 1. The Morgan fingerprint density at radius 2 is 1.71 bits per heavy atom. The molecule has 0 aliphatic heterocycles. The maximum Gasteiger partial charge on any atom is 0.202 e. The molecule has 116 valence electrons. The van der Waals surface area contributed by atoms with E-state index < -0.39 is 9.84 Å². The highest BCUT2D eigenvalue weighted by molar-refractivity contribution is 7.95. The fraction of sp³-hybridized carbons (Fsp3) is 0.444. The van der Waals surface area contributed by atoms with Gasteiger partial charge in [-0.1, -0.05) is 63.0 Å². The first kappa shape index (κ1) is 17.7. The molecule has 0 radical (unpaired) electrons. The zero-order valence-corrected chi connectivity index (χ0v) is 13.9. The fourth-order valence-electron chi connectivity index (χ4n) is 2.04. The molecule has 1 rings (SSSR count). The Morgan fingerprint density at radius 1 is 1.05 bits per heavy atom. The van der Waals surface area contributed by atoms with E-state index in [0.29, 0.717) is 9.80 Å². The molecule has 2 nitrogen and oxygen atoms in total. The lowest BCUT2D eigenvalue weighted by molar-refractivity contribution is 0.602. The Morgan fingerprint density at radius 3 is 2.38 bits per heavy atom. The van der Waals surface area contributed by atoms with Gasteiger partial charge < -0.3 is 0 Å². The Hall–Kier alpha value is -1.35. The predicted molar refractivity (Wildman–Crippen MR) is 89.9 cm³/mol. The quantitative estimate of drug-likeness (QED) is 0.459. The molecule has 0 N–H and O–H groups in total. The molecule has 1 aromatic carbocycles. The summed E-state index contributed by atoms with van der Waals surface area (Å²) in [7, 11) is -3.33. The molecule has 21 heavy (non-hydrogen) atoms. The van der Waals surface area contributed by atoms with Gasteiger partial charge in [0.1, 0.15) is 0 Å². The Kier molecular flexibility index (Phi) is 8.06. The predicted octanol–water partition coefficient (Wildman–Crippen LogP) is 5.28. The molecule has 0 amide bonds. The third-order valence-electron chi connectivity index (χ3n) is 3.42. The number of allylic oxidation sites excluding steroid dienone is 4. The van der Waals surface area contributed by atoms with Crippen molar-refractivity contribution in [2.45, 2.75) is 57.3 Å². The number of hydrogen-bond acceptors (Lipinski definition) is 2. The molecule has 0 aliphatic rings. The molecule has 3 heteroatoms. The SMILES string of the molecule is CCCCCCCC=CC=C(C)S(=O)(=O)c1ccccc1. The van der Waals surface area contributed by atoms with Crippen molar-refractivity contribution in [3.8, 4) is 0 Å². The number of sulfone groups is 1.